The van der Waals surface area contributed by atoms with Gasteiger partial charge in [-0.1, -0.05) is 26.3 Å². The van der Waals surface area contributed by atoms with Gasteiger partial charge in [0, 0.05) is 12.6 Å². The van der Waals surface area contributed by atoms with Crippen molar-refractivity contribution in [1.82, 2.24) is 5.32 Å². The number of carbonyl (C=O) groups is 1. The Labute approximate surface area is 80.4 Å². The molecule has 0 aromatic carbocycles. The van der Waals surface area contributed by atoms with Crippen LogP contribution in [-0.2, 0) is 4.79 Å². The van der Waals surface area contributed by atoms with Gasteiger partial charge in [-0.15, -0.1) is 0 Å². The number of allylic oxidation sites excluding steroid dienone is 1. The molecular weight excluding hydrogens is 162 g/mol. The summed E-state index contributed by atoms with van der Waals surface area (Å²) in [6.45, 7) is 7.09. The molecule has 1 aliphatic carbocycles. The van der Waals surface area contributed by atoms with E-state index >= 15 is 0 Å². The molecule has 1 fully saturated rings. The molecule has 0 radical (unpaired) electrons. The Bertz CT molecular complexity index is 217. The van der Waals surface area contributed by atoms with E-state index in [2.05, 4.69) is 26.1 Å². The van der Waals surface area contributed by atoms with Crippen LogP contribution in [0.3, 0.4) is 0 Å². The Morgan fingerprint density at radius 2 is 2.08 bits per heavy atom. The fourth-order valence-corrected chi connectivity index (χ4v) is 1.11. The maximum absolute atomic E-state index is 11.3. The van der Waals surface area contributed by atoms with E-state index in [0.717, 1.165) is 19.4 Å². The van der Waals surface area contributed by atoms with Gasteiger partial charge in [-0.05, 0) is 24.7 Å². The van der Waals surface area contributed by atoms with E-state index in [0.29, 0.717) is 0 Å². The second-order valence-electron chi connectivity index (χ2n) is 4.93. The lowest BCUT2D eigenvalue weighted by molar-refractivity contribution is -0.116. The van der Waals surface area contributed by atoms with Gasteiger partial charge in [-0.2, -0.15) is 0 Å². The van der Waals surface area contributed by atoms with Crippen molar-refractivity contribution in [2.45, 2.75) is 40.0 Å². The summed E-state index contributed by atoms with van der Waals surface area (Å²) in [5.41, 5.74) is 1.47. The summed E-state index contributed by atoms with van der Waals surface area (Å²) in [7, 11) is 0. The highest BCUT2D eigenvalue weighted by Crippen LogP contribution is 2.24. The van der Waals surface area contributed by atoms with Gasteiger partial charge in [-0.3, -0.25) is 4.79 Å². The third-order valence-electron chi connectivity index (χ3n) is 2.12. The van der Waals surface area contributed by atoms with Crippen molar-refractivity contribution in [3.8, 4) is 0 Å². The first-order valence-corrected chi connectivity index (χ1v) is 4.95. The zero-order valence-corrected chi connectivity index (χ0v) is 8.81. The van der Waals surface area contributed by atoms with Crippen molar-refractivity contribution in [2.24, 2.45) is 5.41 Å². The number of carbonyl (C=O) groups excluding carboxylic acids is 1. The van der Waals surface area contributed by atoms with Crippen LogP contribution in [0.15, 0.2) is 11.6 Å². The van der Waals surface area contributed by atoms with E-state index < -0.39 is 0 Å². The zero-order chi connectivity index (χ0) is 9.90. The van der Waals surface area contributed by atoms with E-state index in [1.54, 1.807) is 6.08 Å². The molecule has 1 N–H and O–H groups in total. The fourth-order valence-electron chi connectivity index (χ4n) is 1.11. The van der Waals surface area contributed by atoms with Gasteiger partial charge in [0.2, 0.25) is 5.91 Å². The van der Waals surface area contributed by atoms with Gasteiger partial charge in [0.1, 0.15) is 0 Å². The Morgan fingerprint density at radius 1 is 1.46 bits per heavy atom. The first-order chi connectivity index (χ1) is 5.97. The van der Waals surface area contributed by atoms with E-state index in [4.69, 9.17) is 0 Å². The van der Waals surface area contributed by atoms with Crippen LogP contribution in [0.2, 0.25) is 0 Å². The number of hydrogen-bond acceptors (Lipinski definition) is 1. The minimum absolute atomic E-state index is 0.0737. The quantitative estimate of drug-likeness (QED) is 0.650. The molecule has 0 unspecified atom stereocenters. The van der Waals surface area contributed by atoms with Crippen LogP contribution in [0, 0.1) is 5.41 Å². The molecule has 1 amide bonds. The summed E-state index contributed by atoms with van der Waals surface area (Å²) in [6, 6.07) is 0. The van der Waals surface area contributed by atoms with Crippen LogP contribution in [0.4, 0.5) is 0 Å². The molecule has 0 aliphatic heterocycles. The van der Waals surface area contributed by atoms with Gasteiger partial charge < -0.3 is 5.32 Å². The Hall–Kier alpha value is -0.790. The third kappa shape index (κ3) is 4.11. The van der Waals surface area contributed by atoms with E-state index in [1.807, 2.05) is 0 Å². The zero-order valence-electron chi connectivity index (χ0n) is 8.81. The summed E-state index contributed by atoms with van der Waals surface area (Å²) >= 11 is 0. The van der Waals surface area contributed by atoms with Gasteiger partial charge >= 0.3 is 0 Å². The summed E-state index contributed by atoms with van der Waals surface area (Å²) in [5, 5.41) is 2.91. The molecule has 74 valence electrons. The molecule has 1 aliphatic rings. The molecule has 1 rings (SSSR count). The molecule has 0 aromatic rings. The number of amides is 1. The van der Waals surface area contributed by atoms with Gasteiger partial charge in [0.25, 0.3) is 0 Å². The molecular formula is C11H19NO. The van der Waals surface area contributed by atoms with Crippen molar-refractivity contribution in [3.63, 3.8) is 0 Å². The molecule has 1 saturated carbocycles. The first-order valence-electron chi connectivity index (χ1n) is 4.95. The van der Waals surface area contributed by atoms with Crippen LogP contribution in [0.25, 0.3) is 0 Å². The molecule has 0 atom stereocenters. The predicted molar refractivity (Wildman–Crippen MR) is 54.4 cm³/mol. The average Bonchev–Trinajstić information content (AvgIpc) is 1.91. The fraction of sp³-hybridized carbons (Fsp3) is 0.727. The Balaban J connectivity index is 2.25. The maximum atomic E-state index is 11.3. The van der Waals surface area contributed by atoms with Crippen LogP contribution >= 0.6 is 0 Å². The van der Waals surface area contributed by atoms with Gasteiger partial charge in [0.15, 0.2) is 0 Å². The van der Waals surface area contributed by atoms with Gasteiger partial charge in [0.05, 0.1) is 0 Å². The lowest BCUT2D eigenvalue weighted by Crippen LogP contribution is -2.31. The predicted octanol–water partition coefficient (Wildman–Crippen LogP) is 2.26. The first kappa shape index (κ1) is 10.3. The Morgan fingerprint density at radius 3 is 2.46 bits per heavy atom. The van der Waals surface area contributed by atoms with Crippen molar-refractivity contribution in [3.05, 3.63) is 11.6 Å². The topological polar surface area (TPSA) is 29.1 Å². The highest BCUT2D eigenvalue weighted by molar-refractivity contribution is 5.88. The van der Waals surface area contributed by atoms with Crippen LogP contribution in [0.5, 0.6) is 0 Å². The monoisotopic (exact) mass is 181 g/mol. The normalized spacial score (nSPS) is 16.4. The maximum Gasteiger partial charge on any atom is 0.243 e. The molecule has 2 nitrogen and oxygen atoms in total. The summed E-state index contributed by atoms with van der Waals surface area (Å²) in [4.78, 5) is 11.3. The number of nitrogens with one attached hydrogen (secondary N) is 1. The van der Waals surface area contributed by atoms with Crippen molar-refractivity contribution in [2.75, 3.05) is 6.54 Å². The summed E-state index contributed by atoms with van der Waals surface area (Å²) in [6.07, 6.45) is 5.24. The molecule has 0 aromatic heterocycles. The largest absolute Gasteiger partial charge is 0.352 e. The molecule has 0 bridgehead atoms. The van der Waals surface area contributed by atoms with Crippen LogP contribution in [-0.4, -0.2) is 12.5 Å². The highest BCUT2D eigenvalue weighted by atomic mass is 16.1. The van der Waals surface area contributed by atoms with Crippen molar-refractivity contribution >= 4 is 5.91 Å². The SMILES string of the molecule is CC(C)(C)CNC(=O)C=C1CCC1. The second-order valence-corrected chi connectivity index (χ2v) is 4.93. The second kappa shape index (κ2) is 3.95. The summed E-state index contributed by atoms with van der Waals surface area (Å²) < 4.78 is 0. The molecule has 13 heavy (non-hydrogen) atoms. The van der Waals surface area contributed by atoms with Crippen LogP contribution < -0.4 is 5.32 Å². The van der Waals surface area contributed by atoms with Crippen LogP contribution in [0.1, 0.15) is 40.0 Å². The highest BCUT2D eigenvalue weighted by Gasteiger charge is 2.13. The number of hydrogen-bond donors (Lipinski definition) is 1. The van der Waals surface area contributed by atoms with Crippen molar-refractivity contribution < 1.29 is 4.79 Å². The smallest absolute Gasteiger partial charge is 0.243 e. The van der Waals surface area contributed by atoms with E-state index in [9.17, 15) is 4.79 Å². The number of rotatable bonds is 2. The standard InChI is InChI=1S/C11H19NO/c1-11(2,3)8-12-10(13)7-9-5-4-6-9/h7H,4-6,8H2,1-3H3,(H,12,13). The minimum Gasteiger partial charge on any atom is -0.352 e. The van der Waals surface area contributed by atoms with Crippen molar-refractivity contribution in [1.29, 1.82) is 0 Å². The molecule has 0 saturated heterocycles. The Kier molecular flexibility index (Phi) is 3.12. The average molecular weight is 181 g/mol. The van der Waals surface area contributed by atoms with Gasteiger partial charge in [-0.25, -0.2) is 0 Å². The lowest BCUT2D eigenvalue weighted by atomic mass is 9.92. The molecule has 0 spiro atoms. The lowest BCUT2D eigenvalue weighted by Gasteiger charge is -2.19. The molecule has 2 heteroatoms. The third-order valence-corrected chi connectivity index (χ3v) is 2.12. The molecule has 0 heterocycles. The minimum atomic E-state index is 0.0737. The van der Waals surface area contributed by atoms with E-state index in [1.165, 1.54) is 12.0 Å². The summed E-state index contributed by atoms with van der Waals surface area (Å²) in [5.74, 6) is 0.0737. The van der Waals surface area contributed by atoms with E-state index in [-0.39, 0.29) is 11.3 Å².